The van der Waals surface area contributed by atoms with Gasteiger partial charge in [0.15, 0.2) is 0 Å². The molecule has 0 saturated carbocycles. The van der Waals surface area contributed by atoms with Crippen LogP contribution in [-0.4, -0.2) is 43.0 Å². The molecule has 1 aromatic carbocycles. The lowest BCUT2D eigenvalue weighted by molar-refractivity contribution is 0.102. The van der Waals surface area contributed by atoms with E-state index in [1.165, 1.54) is 0 Å². The molecule has 0 aliphatic rings. The van der Waals surface area contributed by atoms with E-state index in [4.69, 9.17) is 0 Å². The van der Waals surface area contributed by atoms with Gasteiger partial charge in [0, 0.05) is 25.0 Å². The molecule has 134 valence electrons. The van der Waals surface area contributed by atoms with E-state index in [1.807, 2.05) is 39.2 Å². The Labute approximate surface area is 150 Å². The summed E-state index contributed by atoms with van der Waals surface area (Å²) in [4.78, 5) is 19.0. The van der Waals surface area contributed by atoms with E-state index in [1.54, 1.807) is 12.3 Å². The van der Waals surface area contributed by atoms with E-state index in [0.717, 1.165) is 35.7 Å². The van der Waals surface area contributed by atoms with Gasteiger partial charge in [0.05, 0.1) is 5.56 Å². The van der Waals surface area contributed by atoms with Crippen molar-refractivity contribution in [2.45, 2.75) is 26.7 Å². The van der Waals surface area contributed by atoms with E-state index in [2.05, 4.69) is 40.4 Å². The Kier molecular flexibility index (Phi) is 6.53. The number of pyridine rings is 1. The van der Waals surface area contributed by atoms with Crippen LogP contribution in [0.15, 0.2) is 36.5 Å². The van der Waals surface area contributed by atoms with Crippen molar-refractivity contribution >= 4 is 17.4 Å². The van der Waals surface area contributed by atoms with Crippen molar-refractivity contribution < 1.29 is 4.79 Å². The average Bonchev–Trinajstić information content (AvgIpc) is 2.56. The molecule has 0 fully saturated rings. The maximum atomic E-state index is 12.6. The van der Waals surface area contributed by atoms with Crippen LogP contribution in [0, 0.1) is 6.92 Å². The quantitative estimate of drug-likeness (QED) is 0.806. The van der Waals surface area contributed by atoms with Crippen LogP contribution in [0.2, 0.25) is 0 Å². The topological polar surface area (TPSA) is 57.3 Å². The first kappa shape index (κ1) is 18.9. The highest BCUT2D eigenvalue weighted by Crippen LogP contribution is 2.27. The number of hydrogen-bond donors (Lipinski definition) is 2. The molecule has 0 aliphatic carbocycles. The third-order valence-corrected chi connectivity index (χ3v) is 4.06. The Morgan fingerprint density at radius 3 is 2.56 bits per heavy atom. The number of amides is 1. The summed E-state index contributed by atoms with van der Waals surface area (Å²) in [6, 6.07) is 9.73. The molecular weight excluding hydrogens is 312 g/mol. The summed E-state index contributed by atoms with van der Waals surface area (Å²) < 4.78 is 0. The predicted molar refractivity (Wildman–Crippen MR) is 105 cm³/mol. The van der Waals surface area contributed by atoms with Crippen molar-refractivity contribution in [1.29, 1.82) is 0 Å². The Bertz CT molecular complexity index is 708. The van der Waals surface area contributed by atoms with Gasteiger partial charge in [-0.1, -0.05) is 32.0 Å². The summed E-state index contributed by atoms with van der Waals surface area (Å²) in [5.74, 6) is 0.984. The Hall–Kier alpha value is -2.40. The standard InChI is InChI=1S/C20H28N4O/c1-14(2)17-8-6-7-15(3)19(17)23-20(25)16-9-10-18(22-13-16)21-11-12-24(4)5/h6-10,13-14H,11-12H2,1-5H3,(H,21,22)(H,23,25). The molecule has 25 heavy (non-hydrogen) atoms. The predicted octanol–water partition coefficient (Wildman–Crippen LogP) is 3.74. The summed E-state index contributed by atoms with van der Waals surface area (Å²) in [5, 5.41) is 6.29. The van der Waals surface area contributed by atoms with E-state index in [0.29, 0.717) is 11.5 Å². The number of aromatic nitrogens is 1. The SMILES string of the molecule is Cc1cccc(C(C)C)c1NC(=O)c1ccc(NCCN(C)C)nc1. The molecule has 0 spiro atoms. The van der Waals surface area contributed by atoms with Crippen LogP contribution in [0.5, 0.6) is 0 Å². The third-order valence-electron chi connectivity index (χ3n) is 4.06. The van der Waals surface area contributed by atoms with Crippen LogP contribution in [0.3, 0.4) is 0 Å². The molecule has 1 amide bonds. The first-order valence-electron chi connectivity index (χ1n) is 8.64. The van der Waals surface area contributed by atoms with Crippen molar-refractivity contribution in [2.75, 3.05) is 37.8 Å². The lowest BCUT2D eigenvalue weighted by atomic mass is 9.98. The second kappa shape index (κ2) is 8.62. The number of likely N-dealkylation sites (N-methyl/N-ethyl adjacent to an activating group) is 1. The largest absolute Gasteiger partial charge is 0.369 e. The van der Waals surface area contributed by atoms with Crippen LogP contribution in [0.1, 0.15) is 41.3 Å². The van der Waals surface area contributed by atoms with Gasteiger partial charge < -0.3 is 15.5 Å². The molecule has 2 N–H and O–H groups in total. The zero-order valence-electron chi connectivity index (χ0n) is 15.8. The summed E-state index contributed by atoms with van der Waals surface area (Å²) in [6.07, 6.45) is 1.61. The molecule has 2 aromatic rings. The number of anilines is 2. The molecule has 0 unspecified atom stereocenters. The van der Waals surface area contributed by atoms with Gasteiger partial charge in [-0.3, -0.25) is 4.79 Å². The molecule has 2 rings (SSSR count). The van der Waals surface area contributed by atoms with Gasteiger partial charge in [-0.2, -0.15) is 0 Å². The molecule has 0 radical (unpaired) electrons. The second-order valence-electron chi connectivity index (χ2n) is 6.81. The lowest BCUT2D eigenvalue weighted by Crippen LogP contribution is -2.21. The molecular formula is C20H28N4O. The average molecular weight is 340 g/mol. The van der Waals surface area contributed by atoms with Crippen molar-refractivity contribution in [3.63, 3.8) is 0 Å². The highest BCUT2D eigenvalue weighted by Gasteiger charge is 2.13. The summed E-state index contributed by atoms with van der Waals surface area (Å²) in [7, 11) is 4.05. The first-order valence-corrected chi connectivity index (χ1v) is 8.64. The van der Waals surface area contributed by atoms with Gasteiger partial charge in [-0.05, 0) is 50.2 Å². The van der Waals surface area contributed by atoms with Gasteiger partial charge in [-0.15, -0.1) is 0 Å². The number of nitrogens with zero attached hydrogens (tertiary/aromatic N) is 2. The second-order valence-corrected chi connectivity index (χ2v) is 6.81. The van der Waals surface area contributed by atoms with Crippen LogP contribution in [0.4, 0.5) is 11.5 Å². The van der Waals surface area contributed by atoms with Crippen molar-refractivity contribution in [3.05, 3.63) is 53.2 Å². The molecule has 0 atom stereocenters. The molecule has 0 bridgehead atoms. The van der Waals surface area contributed by atoms with Gasteiger partial charge in [0.2, 0.25) is 0 Å². The van der Waals surface area contributed by atoms with Gasteiger partial charge in [-0.25, -0.2) is 4.98 Å². The van der Waals surface area contributed by atoms with Crippen molar-refractivity contribution in [2.24, 2.45) is 0 Å². The number of nitrogens with one attached hydrogen (secondary N) is 2. The smallest absolute Gasteiger partial charge is 0.257 e. The minimum absolute atomic E-state index is 0.136. The highest BCUT2D eigenvalue weighted by molar-refractivity contribution is 6.05. The van der Waals surface area contributed by atoms with E-state index in [9.17, 15) is 4.79 Å². The van der Waals surface area contributed by atoms with E-state index < -0.39 is 0 Å². The van der Waals surface area contributed by atoms with Crippen LogP contribution in [0.25, 0.3) is 0 Å². The maximum Gasteiger partial charge on any atom is 0.257 e. The number of carbonyl (C=O) groups excluding carboxylic acids is 1. The molecule has 0 saturated heterocycles. The van der Waals surface area contributed by atoms with Crippen molar-refractivity contribution in [3.8, 4) is 0 Å². The Morgan fingerprint density at radius 1 is 1.20 bits per heavy atom. The number of aryl methyl sites for hydroxylation is 1. The monoisotopic (exact) mass is 340 g/mol. The van der Waals surface area contributed by atoms with Gasteiger partial charge >= 0.3 is 0 Å². The molecule has 1 heterocycles. The number of carbonyl (C=O) groups is 1. The zero-order chi connectivity index (χ0) is 18.4. The number of hydrogen-bond acceptors (Lipinski definition) is 4. The Balaban J connectivity index is 2.07. The summed E-state index contributed by atoms with van der Waals surface area (Å²) >= 11 is 0. The van der Waals surface area contributed by atoms with E-state index in [-0.39, 0.29) is 5.91 Å². The van der Waals surface area contributed by atoms with Crippen molar-refractivity contribution in [1.82, 2.24) is 9.88 Å². The first-order chi connectivity index (χ1) is 11.9. The summed E-state index contributed by atoms with van der Waals surface area (Å²) in [5.41, 5.74) is 3.66. The zero-order valence-corrected chi connectivity index (χ0v) is 15.8. The fourth-order valence-corrected chi connectivity index (χ4v) is 2.57. The maximum absolute atomic E-state index is 12.6. The van der Waals surface area contributed by atoms with Crippen LogP contribution >= 0.6 is 0 Å². The lowest BCUT2D eigenvalue weighted by Gasteiger charge is -2.16. The van der Waals surface area contributed by atoms with Gasteiger partial charge in [0.25, 0.3) is 5.91 Å². The van der Waals surface area contributed by atoms with Gasteiger partial charge in [0.1, 0.15) is 5.82 Å². The minimum Gasteiger partial charge on any atom is -0.369 e. The third kappa shape index (κ3) is 5.29. The molecule has 5 nitrogen and oxygen atoms in total. The minimum atomic E-state index is -0.136. The highest BCUT2D eigenvalue weighted by atomic mass is 16.1. The Morgan fingerprint density at radius 2 is 1.96 bits per heavy atom. The number of benzene rings is 1. The normalized spacial score (nSPS) is 11.0. The molecule has 5 heteroatoms. The van der Waals surface area contributed by atoms with Crippen LogP contribution in [-0.2, 0) is 0 Å². The fraction of sp³-hybridized carbons (Fsp3) is 0.400. The molecule has 0 aliphatic heterocycles. The molecule has 1 aromatic heterocycles. The summed E-state index contributed by atoms with van der Waals surface area (Å²) in [6.45, 7) is 8.00. The number of rotatable bonds is 7. The van der Waals surface area contributed by atoms with Crippen LogP contribution < -0.4 is 10.6 Å². The van der Waals surface area contributed by atoms with E-state index >= 15 is 0 Å². The fourth-order valence-electron chi connectivity index (χ4n) is 2.57. The number of para-hydroxylation sites is 1.